The van der Waals surface area contributed by atoms with E-state index in [1.54, 1.807) is 11.3 Å². The van der Waals surface area contributed by atoms with E-state index in [0.29, 0.717) is 12.0 Å². The van der Waals surface area contributed by atoms with Gasteiger partial charge in [-0.15, -0.1) is 11.3 Å². The maximum atomic E-state index is 12.6. The van der Waals surface area contributed by atoms with Crippen molar-refractivity contribution in [2.45, 2.75) is 25.8 Å². The molecule has 0 unspecified atom stereocenters. The first-order chi connectivity index (χ1) is 11.2. The average molecular weight is 326 g/mol. The number of rotatable bonds is 3. The fourth-order valence-corrected chi connectivity index (χ4v) is 4.82. The Labute approximate surface area is 141 Å². The predicted octanol–water partition coefficient (Wildman–Crippen LogP) is 3.55. The maximum absolute atomic E-state index is 12.6. The normalized spacial score (nSPS) is 26.2. The van der Waals surface area contributed by atoms with Crippen LogP contribution in [0.3, 0.4) is 0 Å². The lowest BCUT2D eigenvalue weighted by molar-refractivity contribution is 0.0622. The summed E-state index contributed by atoms with van der Waals surface area (Å²) >= 11 is 1.59. The van der Waals surface area contributed by atoms with Gasteiger partial charge in [0, 0.05) is 17.5 Å². The summed E-state index contributed by atoms with van der Waals surface area (Å²) < 4.78 is 0. The molecule has 4 heteroatoms. The Morgan fingerprint density at radius 2 is 1.96 bits per heavy atom. The number of hydrogen-bond acceptors (Lipinski definition) is 3. The molecule has 1 N–H and O–H groups in total. The summed E-state index contributed by atoms with van der Waals surface area (Å²) in [5.41, 5.74) is 2.47. The molecule has 3 nitrogen and oxygen atoms in total. The van der Waals surface area contributed by atoms with Crippen LogP contribution < -0.4 is 5.32 Å². The molecule has 2 bridgehead atoms. The van der Waals surface area contributed by atoms with Crippen molar-refractivity contribution in [1.29, 1.82) is 0 Å². The van der Waals surface area contributed by atoms with E-state index in [1.807, 2.05) is 12.1 Å². The average Bonchev–Trinajstić information content (AvgIpc) is 3.06. The van der Waals surface area contributed by atoms with Crippen LogP contribution in [0.25, 0.3) is 10.4 Å². The molecule has 1 amide bonds. The first kappa shape index (κ1) is 14.9. The van der Waals surface area contributed by atoms with Crippen molar-refractivity contribution >= 4 is 17.2 Å². The van der Waals surface area contributed by atoms with E-state index in [1.165, 1.54) is 41.9 Å². The third-order valence-corrected chi connectivity index (χ3v) is 6.33. The number of carbonyl (C=O) groups is 1. The van der Waals surface area contributed by atoms with Gasteiger partial charge in [-0.2, -0.15) is 0 Å². The van der Waals surface area contributed by atoms with Gasteiger partial charge in [0.25, 0.3) is 5.91 Å². The van der Waals surface area contributed by atoms with Gasteiger partial charge in [-0.3, -0.25) is 4.79 Å². The highest BCUT2D eigenvalue weighted by Crippen LogP contribution is 2.31. The van der Waals surface area contributed by atoms with E-state index in [4.69, 9.17) is 0 Å². The largest absolute Gasteiger partial charge is 0.347 e. The monoisotopic (exact) mass is 326 g/mol. The molecule has 0 aliphatic carbocycles. The van der Waals surface area contributed by atoms with Gasteiger partial charge >= 0.3 is 0 Å². The van der Waals surface area contributed by atoms with E-state index in [2.05, 4.69) is 41.4 Å². The van der Waals surface area contributed by atoms with Crippen LogP contribution in [-0.2, 0) is 0 Å². The zero-order valence-corrected chi connectivity index (χ0v) is 14.2. The van der Waals surface area contributed by atoms with Crippen LogP contribution in [0.2, 0.25) is 0 Å². The Balaban J connectivity index is 1.48. The molecule has 2 aromatic rings. The molecule has 4 heterocycles. The Morgan fingerprint density at radius 3 is 2.65 bits per heavy atom. The number of nitrogens with zero attached hydrogens (tertiary/aromatic N) is 1. The van der Waals surface area contributed by atoms with Gasteiger partial charge in [0.2, 0.25) is 0 Å². The van der Waals surface area contributed by atoms with Crippen LogP contribution in [0, 0.1) is 12.8 Å². The summed E-state index contributed by atoms with van der Waals surface area (Å²) in [6, 6.07) is 12.7. The fraction of sp³-hybridized carbons (Fsp3) is 0.421. The first-order valence-corrected chi connectivity index (χ1v) is 9.21. The number of hydrogen-bond donors (Lipinski definition) is 1. The maximum Gasteiger partial charge on any atom is 0.261 e. The highest BCUT2D eigenvalue weighted by molar-refractivity contribution is 7.17. The number of benzene rings is 1. The number of piperidine rings is 3. The minimum absolute atomic E-state index is 0.0913. The minimum atomic E-state index is 0.0913. The molecule has 3 fully saturated rings. The fourth-order valence-electron chi connectivity index (χ4n) is 3.82. The molecule has 1 aromatic carbocycles. The molecule has 0 spiro atoms. The topological polar surface area (TPSA) is 32.3 Å². The Morgan fingerprint density at radius 1 is 1.17 bits per heavy atom. The number of aryl methyl sites for hydroxylation is 1. The predicted molar refractivity (Wildman–Crippen MR) is 94.9 cm³/mol. The molecule has 120 valence electrons. The molecule has 3 aliphatic rings. The Bertz CT molecular complexity index is 716. The standard InChI is InChI=1S/C19H22N2OS/c1-13-4-2-3-5-15(13)17-6-7-18(23-17)19(22)20-16-12-21-10-8-14(16)9-11-21/h2-7,14,16H,8-12H2,1H3,(H,20,22)/t16-/m0/s1. The lowest BCUT2D eigenvalue weighted by atomic mass is 9.84. The summed E-state index contributed by atoms with van der Waals surface area (Å²) in [5, 5.41) is 3.28. The summed E-state index contributed by atoms with van der Waals surface area (Å²) in [4.78, 5) is 17.1. The second-order valence-corrected chi connectivity index (χ2v) is 7.78. The summed E-state index contributed by atoms with van der Waals surface area (Å²) in [7, 11) is 0. The number of thiophene rings is 1. The van der Waals surface area contributed by atoms with Gasteiger partial charge in [0.05, 0.1) is 4.88 Å². The molecule has 1 atom stereocenters. The van der Waals surface area contributed by atoms with Crippen LogP contribution in [0.4, 0.5) is 0 Å². The quantitative estimate of drug-likeness (QED) is 0.935. The molecular formula is C19H22N2OS. The van der Waals surface area contributed by atoms with E-state index in [-0.39, 0.29) is 5.91 Å². The molecule has 0 saturated carbocycles. The van der Waals surface area contributed by atoms with Crippen molar-refractivity contribution in [2.75, 3.05) is 19.6 Å². The Hall–Kier alpha value is -1.65. The molecule has 5 rings (SSSR count). The van der Waals surface area contributed by atoms with Crippen molar-refractivity contribution in [2.24, 2.45) is 5.92 Å². The van der Waals surface area contributed by atoms with E-state index in [0.717, 1.165) is 11.4 Å². The lowest BCUT2D eigenvalue weighted by Crippen LogP contribution is -2.57. The van der Waals surface area contributed by atoms with E-state index in [9.17, 15) is 4.79 Å². The lowest BCUT2D eigenvalue weighted by Gasteiger charge is -2.44. The molecule has 1 aromatic heterocycles. The number of fused-ring (bicyclic) bond motifs is 3. The van der Waals surface area contributed by atoms with Gasteiger partial charge in [-0.05, 0) is 62.0 Å². The highest BCUT2D eigenvalue weighted by Gasteiger charge is 2.35. The summed E-state index contributed by atoms with van der Waals surface area (Å²) in [6.45, 7) is 5.54. The van der Waals surface area contributed by atoms with Crippen LogP contribution in [-0.4, -0.2) is 36.5 Å². The van der Waals surface area contributed by atoms with Gasteiger partial charge in [0.1, 0.15) is 0 Å². The summed E-state index contributed by atoms with van der Waals surface area (Å²) in [5.74, 6) is 0.758. The molecule has 0 radical (unpaired) electrons. The third kappa shape index (κ3) is 2.93. The summed E-state index contributed by atoms with van der Waals surface area (Å²) in [6.07, 6.45) is 2.45. The van der Waals surface area contributed by atoms with E-state index < -0.39 is 0 Å². The van der Waals surface area contributed by atoms with Crippen molar-refractivity contribution in [1.82, 2.24) is 10.2 Å². The Kier molecular flexibility index (Phi) is 3.95. The van der Waals surface area contributed by atoms with Crippen molar-refractivity contribution in [3.8, 4) is 10.4 Å². The zero-order valence-electron chi connectivity index (χ0n) is 13.4. The second kappa shape index (κ2) is 6.10. The third-order valence-electron chi connectivity index (χ3n) is 5.21. The molecule has 23 heavy (non-hydrogen) atoms. The number of amides is 1. The smallest absolute Gasteiger partial charge is 0.261 e. The van der Waals surface area contributed by atoms with Gasteiger partial charge in [-0.1, -0.05) is 24.3 Å². The number of nitrogens with one attached hydrogen (secondary N) is 1. The number of carbonyl (C=O) groups excluding carboxylic acids is 1. The zero-order chi connectivity index (χ0) is 15.8. The van der Waals surface area contributed by atoms with Crippen LogP contribution >= 0.6 is 11.3 Å². The first-order valence-electron chi connectivity index (χ1n) is 8.40. The van der Waals surface area contributed by atoms with Gasteiger partial charge < -0.3 is 10.2 Å². The van der Waals surface area contributed by atoms with Crippen LogP contribution in [0.5, 0.6) is 0 Å². The van der Waals surface area contributed by atoms with Crippen molar-refractivity contribution in [3.05, 3.63) is 46.8 Å². The molecule has 3 aliphatic heterocycles. The van der Waals surface area contributed by atoms with E-state index >= 15 is 0 Å². The second-order valence-electron chi connectivity index (χ2n) is 6.70. The molecular weight excluding hydrogens is 304 g/mol. The highest BCUT2D eigenvalue weighted by atomic mass is 32.1. The van der Waals surface area contributed by atoms with Gasteiger partial charge in [-0.25, -0.2) is 0 Å². The minimum Gasteiger partial charge on any atom is -0.347 e. The van der Waals surface area contributed by atoms with Crippen molar-refractivity contribution < 1.29 is 4.79 Å². The van der Waals surface area contributed by atoms with Gasteiger partial charge in [0.15, 0.2) is 0 Å². The molecule has 3 saturated heterocycles. The van der Waals surface area contributed by atoms with Crippen LogP contribution in [0.1, 0.15) is 28.1 Å². The SMILES string of the molecule is Cc1ccccc1-c1ccc(C(=O)N[C@H]2CN3CCC2CC3)s1. The van der Waals surface area contributed by atoms with Crippen molar-refractivity contribution in [3.63, 3.8) is 0 Å². The van der Waals surface area contributed by atoms with Crippen LogP contribution in [0.15, 0.2) is 36.4 Å².